The minimum atomic E-state index is -3.63. The summed E-state index contributed by atoms with van der Waals surface area (Å²) < 4.78 is 28.0. The number of hydrogen-bond acceptors (Lipinski definition) is 3. The molecule has 0 aliphatic carbocycles. The second-order valence-corrected chi connectivity index (χ2v) is 9.38. The maximum absolute atomic E-state index is 12.7. The molecule has 162 valence electrons. The van der Waals surface area contributed by atoms with Crippen LogP contribution in [0, 0.1) is 6.92 Å². The van der Waals surface area contributed by atoms with Gasteiger partial charge in [-0.15, -0.1) is 0 Å². The summed E-state index contributed by atoms with van der Waals surface area (Å²) in [5.41, 5.74) is 4.05. The molecule has 3 rings (SSSR count). The van der Waals surface area contributed by atoms with E-state index < -0.39 is 10.0 Å². The lowest BCUT2D eigenvalue weighted by Crippen LogP contribution is -2.26. The predicted octanol–water partition coefficient (Wildman–Crippen LogP) is 4.28. The number of carbonyl (C=O) groups is 1. The molecular formula is C25H28N2O3S. The lowest BCUT2D eigenvalue weighted by molar-refractivity contribution is -0.121. The monoisotopic (exact) mass is 436 g/mol. The zero-order valence-corrected chi connectivity index (χ0v) is 18.7. The molecule has 3 aromatic rings. The van der Waals surface area contributed by atoms with Gasteiger partial charge in [-0.1, -0.05) is 72.3 Å². The summed E-state index contributed by atoms with van der Waals surface area (Å²) in [6.07, 6.45) is 0.898. The zero-order chi connectivity index (χ0) is 22.3. The number of hydrogen-bond donors (Lipinski definition) is 2. The number of benzene rings is 3. The van der Waals surface area contributed by atoms with Crippen LogP contribution in [0.2, 0.25) is 0 Å². The van der Waals surface area contributed by atoms with Crippen LogP contribution in [0.4, 0.5) is 0 Å². The van der Waals surface area contributed by atoms with Crippen LogP contribution in [0.1, 0.15) is 41.6 Å². The first kappa shape index (κ1) is 22.7. The normalized spacial score (nSPS) is 12.3. The summed E-state index contributed by atoms with van der Waals surface area (Å²) in [5.74, 6) is -0.0310. The molecule has 0 radical (unpaired) electrons. The predicted molar refractivity (Wildman–Crippen MR) is 123 cm³/mol. The Kier molecular flexibility index (Phi) is 7.60. The van der Waals surface area contributed by atoms with Crippen molar-refractivity contribution in [3.05, 3.63) is 101 Å². The van der Waals surface area contributed by atoms with Crippen LogP contribution in [0.3, 0.4) is 0 Å². The lowest BCUT2D eigenvalue weighted by atomic mass is 10.1. The van der Waals surface area contributed by atoms with Crippen molar-refractivity contribution in [1.29, 1.82) is 0 Å². The van der Waals surface area contributed by atoms with Gasteiger partial charge in [-0.2, -0.15) is 0 Å². The minimum Gasteiger partial charge on any atom is -0.352 e. The van der Waals surface area contributed by atoms with Gasteiger partial charge in [-0.05, 0) is 49.1 Å². The Morgan fingerprint density at radius 2 is 1.61 bits per heavy atom. The number of rotatable bonds is 9. The van der Waals surface area contributed by atoms with Gasteiger partial charge in [0.2, 0.25) is 15.9 Å². The van der Waals surface area contributed by atoms with E-state index in [-0.39, 0.29) is 16.8 Å². The highest BCUT2D eigenvalue weighted by Gasteiger charge is 2.18. The first-order valence-electron chi connectivity index (χ1n) is 10.3. The fourth-order valence-corrected chi connectivity index (χ4v) is 4.55. The molecule has 31 heavy (non-hydrogen) atoms. The van der Waals surface area contributed by atoms with Crippen LogP contribution >= 0.6 is 0 Å². The molecule has 0 aliphatic rings. The van der Waals surface area contributed by atoms with E-state index in [1.54, 1.807) is 24.3 Å². The van der Waals surface area contributed by atoms with E-state index >= 15 is 0 Å². The number of nitrogens with one attached hydrogen (secondary N) is 2. The molecule has 1 atom stereocenters. The maximum Gasteiger partial charge on any atom is 0.241 e. The summed E-state index contributed by atoms with van der Waals surface area (Å²) in [4.78, 5) is 12.4. The molecule has 1 amide bonds. The standard InChI is InChI=1S/C25H28N2O3S/c1-19-7-6-8-22(17-19)18-26-25(28)16-13-21-11-14-24(15-12-21)31(29,30)27-20(2)23-9-4-3-5-10-23/h3-12,14-15,17,20,27H,13,16,18H2,1-2H3,(H,26,28)/t20-/m0/s1. The van der Waals surface area contributed by atoms with Gasteiger partial charge < -0.3 is 5.32 Å². The van der Waals surface area contributed by atoms with E-state index in [9.17, 15) is 13.2 Å². The Labute approximate surface area is 184 Å². The fraction of sp³-hybridized carbons (Fsp3) is 0.240. The Balaban J connectivity index is 1.51. The summed E-state index contributed by atoms with van der Waals surface area (Å²) >= 11 is 0. The highest BCUT2D eigenvalue weighted by atomic mass is 32.2. The molecule has 0 spiro atoms. The number of aryl methyl sites for hydroxylation is 2. The molecule has 6 heteroatoms. The second kappa shape index (κ2) is 10.4. The molecule has 0 unspecified atom stereocenters. The Morgan fingerprint density at radius 3 is 2.29 bits per heavy atom. The van der Waals surface area contributed by atoms with Gasteiger partial charge >= 0.3 is 0 Å². The molecule has 0 aliphatic heterocycles. The van der Waals surface area contributed by atoms with Crippen LogP contribution in [-0.4, -0.2) is 14.3 Å². The van der Waals surface area contributed by atoms with Gasteiger partial charge in [0, 0.05) is 19.0 Å². The van der Waals surface area contributed by atoms with Crippen molar-refractivity contribution >= 4 is 15.9 Å². The number of sulfonamides is 1. The molecule has 0 heterocycles. The highest BCUT2D eigenvalue weighted by molar-refractivity contribution is 7.89. The molecule has 2 N–H and O–H groups in total. The van der Waals surface area contributed by atoms with Crippen molar-refractivity contribution in [3.8, 4) is 0 Å². The van der Waals surface area contributed by atoms with Crippen molar-refractivity contribution < 1.29 is 13.2 Å². The average molecular weight is 437 g/mol. The molecule has 0 saturated carbocycles. The minimum absolute atomic E-state index is 0.0310. The third-order valence-electron chi connectivity index (χ3n) is 5.08. The Morgan fingerprint density at radius 1 is 0.903 bits per heavy atom. The van der Waals surface area contributed by atoms with Crippen LogP contribution in [0.15, 0.2) is 83.8 Å². The summed E-state index contributed by atoms with van der Waals surface area (Å²) in [5, 5.41) is 2.92. The van der Waals surface area contributed by atoms with E-state index in [2.05, 4.69) is 10.0 Å². The fourth-order valence-electron chi connectivity index (χ4n) is 3.31. The van der Waals surface area contributed by atoms with Gasteiger partial charge in [0.05, 0.1) is 4.90 Å². The van der Waals surface area contributed by atoms with Crippen molar-refractivity contribution in [2.24, 2.45) is 0 Å². The second-order valence-electron chi connectivity index (χ2n) is 7.66. The van der Waals surface area contributed by atoms with Crippen LogP contribution in [0.25, 0.3) is 0 Å². The molecule has 5 nitrogen and oxygen atoms in total. The quantitative estimate of drug-likeness (QED) is 0.526. The summed E-state index contributed by atoms with van der Waals surface area (Å²) in [7, 11) is -3.63. The molecule has 0 saturated heterocycles. The molecular weight excluding hydrogens is 408 g/mol. The summed E-state index contributed by atoms with van der Waals surface area (Å²) in [6.45, 7) is 4.34. The Hall–Kier alpha value is -2.96. The smallest absolute Gasteiger partial charge is 0.241 e. The van der Waals surface area contributed by atoms with Crippen LogP contribution < -0.4 is 10.0 Å². The zero-order valence-electron chi connectivity index (χ0n) is 17.8. The van der Waals surface area contributed by atoms with E-state index in [0.29, 0.717) is 19.4 Å². The summed E-state index contributed by atoms with van der Waals surface area (Å²) in [6, 6.07) is 23.8. The lowest BCUT2D eigenvalue weighted by Gasteiger charge is -2.15. The molecule has 0 bridgehead atoms. The number of amides is 1. The van der Waals surface area contributed by atoms with E-state index in [1.165, 1.54) is 0 Å². The number of carbonyl (C=O) groups excluding carboxylic acids is 1. The van der Waals surface area contributed by atoms with Gasteiger partial charge in [0.25, 0.3) is 0 Å². The maximum atomic E-state index is 12.7. The van der Waals surface area contributed by atoms with Crippen molar-refractivity contribution in [2.45, 2.75) is 44.2 Å². The van der Waals surface area contributed by atoms with Crippen LogP contribution in [0.5, 0.6) is 0 Å². The highest BCUT2D eigenvalue weighted by Crippen LogP contribution is 2.17. The van der Waals surface area contributed by atoms with Crippen LogP contribution in [-0.2, 0) is 27.8 Å². The van der Waals surface area contributed by atoms with Gasteiger partial charge in [-0.25, -0.2) is 13.1 Å². The van der Waals surface area contributed by atoms with Gasteiger partial charge in [-0.3, -0.25) is 4.79 Å². The third-order valence-corrected chi connectivity index (χ3v) is 6.63. The van der Waals surface area contributed by atoms with E-state index in [0.717, 1.165) is 22.3 Å². The first-order valence-corrected chi connectivity index (χ1v) is 11.8. The molecule has 3 aromatic carbocycles. The van der Waals surface area contributed by atoms with Crippen molar-refractivity contribution in [2.75, 3.05) is 0 Å². The Bertz CT molecular complexity index is 1110. The first-order chi connectivity index (χ1) is 14.8. The molecule has 0 aromatic heterocycles. The van der Waals surface area contributed by atoms with Gasteiger partial charge in [0.1, 0.15) is 0 Å². The van der Waals surface area contributed by atoms with E-state index in [1.807, 2.05) is 68.4 Å². The largest absolute Gasteiger partial charge is 0.352 e. The van der Waals surface area contributed by atoms with Gasteiger partial charge in [0.15, 0.2) is 0 Å². The average Bonchev–Trinajstić information content (AvgIpc) is 2.77. The topological polar surface area (TPSA) is 75.3 Å². The van der Waals surface area contributed by atoms with E-state index in [4.69, 9.17) is 0 Å². The van der Waals surface area contributed by atoms with Crippen molar-refractivity contribution in [3.63, 3.8) is 0 Å². The molecule has 0 fully saturated rings. The SMILES string of the molecule is Cc1cccc(CNC(=O)CCc2ccc(S(=O)(=O)N[C@@H](C)c3ccccc3)cc2)c1. The third kappa shape index (κ3) is 6.77. The van der Waals surface area contributed by atoms with Crippen molar-refractivity contribution in [1.82, 2.24) is 10.0 Å².